The van der Waals surface area contributed by atoms with Crippen molar-refractivity contribution in [3.63, 3.8) is 0 Å². The minimum atomic E-state index is -0.891. The van der Waals surface area contributed by atoms with E-state index in [0.29, 0.717) is 26.3 Å². The maximum Gasteiger partial charge on any atom is 0.257 e. The summed E-state index contributed by atoms with van der Waals surface area (Å²) < 4.78 is 28.0. The number of hydrogen-bond acceptors (Lipinski definition) is 5. The van der Waals surface area contributed by atoms with Crippen molar-refractivity contribution in [1.82, 2.24) is 19.6 Å². The Hall–Kier alpha value is -2.29. The van der Waals surface area contributed by atoms with Gasteiger partial charge in [-0.3, -0.25) is 14.4 Å². The van der Waals surface area contributed by atoms with Crippen LogP contribution in [0.2, 0.25) is 0 Å². The number of benzene rings is 1. The van der Waals surface area contributed by atoms with Crippen LogP contribution in [0.4, 0.5) is 4.39 Å². The molecule has 150 valence electrons. The van der Waals surface area contributed by atoms with Gasteiger partial charge in [0.1, 0.15) is 5.82 Å². The molecular weight excluding hydrogens is 363 g/mol. The molecule has 7 nitrogen and oxygen atoms in total. The van der Waals surface area contributed by atoms with Crippen LogP contribution in [-0.4, -0.2) is 70.7 Å². The first-order chi connectivity index (χ1) is 13.5. The van der Waals surface area contributed by atoms with E-state index >= 15 is 0 Å². The second kappa shape index (κ2) is 7.98. The number of hydrogen-bond donors (Lipinski definition) is 0. The molecule has 2 aromatic rings. The molecule has 0 aliphatic carbocycles. The van der Waals surface area contributed by atoms with E-state index in [9.17, 15) is 9.18 Å². The topological polar surface area (TPSA) is 59.8 Å². The van der Waals surface area contributed by atoms with Crippen LogP contribution >= 0.6 is 0 Å². The van der Waals surface area contributed by atoms with E-state index < -0.39 is 11.6 Å². The average molecular weight is 388 g/mol. The minimum absolute atomic E-state index is 0.0837. The molecule has 0 N–H and O–H groups in total. The summed E-state index contributed by atoms with van der Waals surface area (Å²) in [6.07, 6.45) is 4.73. The van der Waals surface area contributed by atoms with Crippen LogP contribution in [0, 0.1) is 5.82 Å². The van der Waals surface area contributed by atoms with E-state index in [1.165, 1.54) is 12.1 Å². The van der Waals surface area contributed by atoms with Crippen LogP contribution in [0.25, 0.3) is 0 Å². The molecule has 1 atom stereocenters. The van der Waals surface area contributed by atoms with Gasteiger partial charge in [0.15, 0.2) is 5.79 Å². The summed E-state index contributed by atoms with van der Waals surface area (Å²) in [4.78, 5) is 16.8. The van der Waals surface area contributed by atoms with Crippen LogP contribution in [0.1, 0.15) is 22.3 Å². The molecule has 28 heavy (non-hydrogen) atoms. The maximum atomic E-state index is 14.1. The lowest BCUT2D eigenvalue weighted by Crippen LogP contribution is -2.59. The third kappa shape index (κ3) is 4.09. The molecule has 0 saturated carbocycles. The highest BCUT2D eigenvalue weighted by Gasteiger charge is 2.42. The molecular formula is C20H25FN4O3. The van der Waals surface area contributed by atoms with E-state index in [0.717, 1.165) is 25.1 Å². The lowest BCUT2D eigenvalue weighted by Gasteiger charge is -2.43. The van der Waals surface area contributed by atoms with Crippen molar-refractivity contribution >= 4 is 5.91 Å². The molecule has 1 aromatic carbocycles. The van der Waals surface area contributed by atoms with Crippen molar-refractivity contribution in [2.24, 2.45) is 7.05 Å². The van der Waals surface area contributed by atoms with Crippen molar-refractivity contribution in [3.8, 4) is 0 Å². The summed E-state index contributed by atoms with van der Waals surface area (Å²) in [7, 11) is 1.90. The second-order valence-corrected chi connectivity index (χ2v) is 7.40. The number of rotatable bonds is 3. The molecule has 2 fully saturated rings. The van der Waals surface area contributed by atoms with E-state index in [1.54, 1.807) is 21.7 Å². The van der Waals surface area contributed by atoms with Crippen molar-refractivity contribution in [2.45, 2.75) is 18.8 Å². The molecule has 2 aliphatic heterocycles. The Morgan fingerprint density at radius 2 is 2.04 bits per heavy atom. The monoisotopic (exact) mass is 388 g/mol. The standard InChI is InChI=1S/C20H25FN4O3/c1-23-12-16(11-22-23)13-24-7-4-9-27-20(14-24)15-25(8-10-28-20)19(26)17-5-2-3-6-18(17)21/h2-3,5-6,11-12H,4,7-10,13-15H2,1H3. The fraction of sp³-hybridized carbons (Fsp3) is 0.500. The molecule has 0 bridgehead atoms. The van der Waals surface area contributed by atoms with Crippen LogP contribution in [-0.2, 0) is 23.1 Å². The number of nitrogens with zero attached hydrogens (tertiary/aromatic N) is 4. The normalized spacial score (nSPS) is 23.7. The molecule has 1 unspecified atom stereocenters. The summed E-state index contributed by atoms with van der Waals surface area (Å²) in [5.74, 6) is -1.72. The summed E-state index contributed by atoms with van der Waals surface area (Å²) >= 11 is 0. The second-order valence-electron chi connectivity index (χ2n) is 7.40. The lowest BCUT2D eigenvalue weighted by molar-refractivity contribution is -0.261. The smallest absolute Gasteiger partial charge is 0.257 e. The summed E-state index contributed by atoms with van der Waals surface area (Å²) in [6.45, 7) is 3.78. The van der Waals surface area contributed by atoms with Crippen LogP contribution in [0.3, 0.4) is 0 Å². The van der Waals surface area contributed by atoms with Gasteiger partial charge in [0.05, 0.1) is 38.1 Å². The molecule has 1 spiro atoms. The number of ether oxygens (including phenoxy) is 2. The molecule has 3 heterocycles. The van der Waals surface area contributed by atoms with Gasteiger partial charge in [0.25, 0.3) is 5.91 Å². The van der Waals surface area contributed by atoms with Crippen molar-refractivity contribution in [2.75, 3.05) is 39.4 Å². The van der Waals surface area contributed by atoms with Gasteiger partial charge in [-0.2, -0.15) is 5.10 Å². The zero-order valence-corrected chi connectivity index (χ0v) is 16.0. The summed E-state index contributed by atoms with van der Waals surface area (Å²) in [5.41, 5.74) is 1.20. The Labute approximate surface area is 163 Å². The van der Waals surface area contributed by atoms with Crippen molar-refractivity contribution in [1.29, 1.82) is 0 Å². The Morgan fingerprint density at radius 3 is 2.82 bits per heavy atom. The number of halogens is 1. The van der Waals surface area contributed by atoms with Gasteiger partial charge in [0, 0.05) is 38.4 Å². The largest absolute Gasteiger partial charge is 0.347 e. The van der Waals surface area contributed by atoms with E-state index in [2.05, 4.69) is 10.00 Å². The van der Waals surface area contributed by atoms with Gasteiger partial charge in [-0.05, 0) is 18.6 Å². The van der Waals surface area contributed by atoms with Gasteiger partial charge in [-0.1, -0.05) is 12.1 Å². The van der Waals surface area contributed by atoms with Crippen LogP contribution < -0.4 is 0 Å². The number of carbonyl (C=O) groups excluding carboxylic acids is 1. The van der Waals surface area contributed by atoms with Crippen LogP contribution in [0.15, 0.2) is 36.7 Å². The van der Waals surface area contributed by atoms with E-state index in [4.69, 9.17) is 9.47 Å². The molecule has 1 aromatic heterocycles. The Balaban J connectivity index is 1.49. The number of amides is 1. The predicted molar refractivity (Wildman–Crippen MR) is 100 cm³/mol. The highest BCUT2D eigenvalue weighted by Crippen LogP contribution is 2.26. The third-order valence-electron chi connectivity index (χ3n) is 5.16. The SMILES string of the molecule is Cn1cc(CN2CCCOC3(C2)CN(C(=O)c2ccccc2F)CCO3)cn1. The Morgan fingerprint density at radius 1 is 1.21 bits per heavy atom. The highest BCUT2D eigenvalue weighted by atomic mass is 19.1. The van der Waals surface area contributed by atoms with Gasteiger partial charge in [0.2, 0.25) is 0 Å². The quantitative estimate of drug-likeness (QED) is 0.800. The third-order valence-corrected chi connectivity index (χ3v) is 5.16. The summed E-state index contributed by atoms with van der Waals surface area (Å²) in [6, 6.07) is 6.08. The zero-order chi connectivity index (χ0) is 19.6. The molecule has 2 aliphatic rings. The number of morpholine rings is 1. The predicted octanol–water partition coefficient (Wildman–Crippen LogP) is 1.65. The van der Waals surface area contributed by atoms with Crippen molar-refractivity contribution in [3.05, 3.63) is 53.6 Å². The molecule has 4 rings (SSSR count). The van der Waals surface area contributed by atoms with Crippen molar-refractivity contribution < 1.29 is 18.7 Å². The first-order valence-electron chi connectivity index (χ1n) is 9.56. The molecule has 2 saturated heterocycles. The number of carbonyl (C=O) groups is 1. The molecule has 0 radical (unpaired) electrons. The fourth-order valence-electron chi connectivity index (χ4n) is 3.88. The first-order valence-corrected chi connectivity index (χ1v) is 9.56. The zero-order valence-electron chi connectivity index (χ0n) is 16.0. The Bertz CT molecular complexity index is 842. The first kappa shape index (κ1) is 19.0. The van der Waals surface area contributed by atoms with E-state index in [-0.39, 0.29) is 18.0 Å². The van der Waals surface area contributed by atoms with Gasteiger partial charge in [-0.15, -0.1) is 0 Å². The Kier molecular flexibility index (Phi) is 5.43. The number of aryl methyl sites for hydroxylation is 1. The minimum Gasteiger partial charge on any atom is -0.347 e. The highest BCUT2D eigenvalue weighted by molar-refractivity contribution is 5.94. The van der Waals surface area contributed by atoms with Crippen LogP contribution in [0.5, 0.6) is 0 Å². The lowest BCUT2D eigenvalue weighted by atomic mass is 10.1. The fourth-order valence-corrected chi connectivity index (χ4v) is 3.88. The number of aromatic nitrogens is 2. The van der Waals surface area contributed by atoms with Gasteiger partial charge in [-0.25, -0.2) is 4.39 Å². The summed E-state index contributed by atoms with van der Waals surface area (Å²) in [5, 5.41) is 4.23. The van der Waals surface area contributed by atoms with E-state index in [1.807, 2.05) is 19.4 Å². The molecule has 8 heteroatoms. The average Bonchev–Trinajstić information content (AvgIpc) is 3.00. The maximum absolute atomic E-state index is 14.1. The molecule has 1 amide bonds. The van der Waals surface area contributed by atoms with Gasteiger partial charge >= 0.3 is 0 Å². The van der Waals surface area contributed by atoms with Gasteiger partial charge < -0.3 is 14.4 Å².